The zero-order valence-electron chi connectivity index (χ0n) is 35.8. The maximum Gasteiger partial charge on any atom is 0.254 e. The van der Waals surface area contributed by atoms with Crippen LogP contribution in [0.15, 0.2) is 85.7 Å². The van der Waals surface area contributed by atoms with Crippen LogP contribution in [0, 0.1) is 0 Å². The Kier molecular flexibility index (Phi) is 12.8. The Balaban J connectivity index is 0.000000184. The number of nitrogens with one attached hydrogen (secondary N) is 3. The molecule has 0 spiro atoms. The van der Waals surface area contributed by atoms with E-state index in [0.29, 0.717) is 40.3 Å². The van der Waals surface area contributed by atoms with Crippen LogP contribution >= 0.6 is 23.2 Å². The Morgan fingerprint density at radius 1 is 0.698 bits per heavy atom. The predicted molar refractivity (Wildman–Crippen MR) is 245 cm³/mol. The molecule has 2 aliphatic rings. The second-order valence-electron chi connectivity index (χ2n) is 16.6. The number of hydrogen-bond donors (Lipinski definition) is 4. The van der Waals surface area contributed by atoms with Crippen LogP contribution in [0.2, 0.25) is 10.0 Å². The third kappa shape index (κ3) is 10.5. The Morgan fingerprint density at radius 2 is 1.22 bits per heavy atom. The number of carbonyl (C=O) groups is 1. The maximum absolute atomic E-state index is 12.6. The maximum atomic E-state index is 12.6. The summed E-state index contributed by atoms with van der Waals surface area (Å²) in [6.07, 6.45) is 6.37. The molecule has 1 amide bonds. The van der Waals surface area contributed by atoms with Crippen molar-refractivity contribution in [3.63, 3.8) is 0 Å². The van der Waals surface area contributed by atoms with Gasteiger partial charge in [0, 0.05) is 90.9 Å². The Bertz CT molecular complexity index is 2740. The first-order chi connectivity index (χ1) is 30.3. The van der Waals surface area contributed by atoms with E-state index < -0.39 is 0 Å². The number of nitrogens with zero attached hydrogens (tertiary/aromatic N) is 12. The molecule has 0 saturated carbocycles. The molecule has 7 aromatic rings. The highest BCUT2D eigenvalue weighted by atomic mass is 35.5. The highest BCUT2D eigenvalue weighted by Crippen LogP contribution is 2.28. The van der Waals surface area contributed by atoms with Gasteiger partial charge in [0.05, 0.1) is 53.2 Å². The molecule has 2 aromatic carbocycles. The summed E-state index contributed by atoms with van der Waals surface area (Å²) < 4.78 is 5.84. The topological polar surface area (TPSA) is 191 Å². The predicted octanol–water partition coefficient (Wildman–Crippen LogP) is 6.71. The lowest BCUT2D eigenvalue weighted by molar-refractivity contribution is 0.0950. The summed E-state index contributed by atoms with van der Waals surface area (Å²) in [5.41, 5.74) is 13.4. The average molecular weight is 890 g/mol. The average Bonchev–Trinajstić information content (AvgIpc) is 4.02. The van der Waals surface area contributed by atoms with Crippen molar-refractivity contribution in [1.29, 1.82) is 0 Å². The fourth-order valence-electron chi connectivity index (χ4n) is 7.15. The number of aromatic nitrogens is 10. The smallest absolute Gasteiger partial charge is 0.254 e. The van der Waals surface area contributed by atoms with Gasteiger partial charge in [0.15, 0.2) is 11.6 Å². The number of carbonyl (C=O) groups excluding carboxylic acids is 1. The molecule has 9 rings (SSSR count). The molecule has 0 atom stereocenters. The zero-order valence-corrected chi connectivity index (χ0v) is 37.4. The van der Waals surface area contributed by atoms with Gasteiger partial charge in [0.25, 0.3) is 5.91 Å². The van der Waals surface area contributed by atoms with Gasteiger partial charge in [-0.05, 0) is 58.1 Å². The van der Waals surface area contributed by atoms with E-state index in [9.17, 15) is 4.79 Å². The van der Waals surface area contributed by atoms with Crippen molar-refractivity contribution < 1.29 is 4.79 Å². The Labute approximate surface area is 375 Å². The molecule has 19 heteroatoms. The number of rotatable bonds is 10. The first kappa shape index (κ1) is 43.4. The lowest BCUT2D eigenvalue weighted by Crippen LogP contribution is -2.30. The second kappa shape index (κ2) is 18.6. The molecule has 0 bridgehead atoms. The van der Waals surface area contributed by atoms with E-state index in [-0.39, 0.29) is 11.4 Å². The van der Waals surface area contributed by atoms with Crippen molar-refractivity contribution in [2.75, 3.05) is 37.8 Å². The first-order valence-electron chi connectivity index (χ1n) is 20.6. The molecule has 63 heavy (non-hydrogen) atoms. The van der Waals surface area contributed by atoms with Gasteiger partial charge in [-0.2, -0.15) is 15.3 Å². The minimum absolute atomic E-state index is 0.191. The summed E-state index contributed by atoms with van der Waals surface area (Å²) in [6, 6.07) is 19.3. The largest absolute Gasteiger partial charge is 0.348 e. The van der Waals surface area contributed by atoms with Gasteiger partial charge in [-0.15, -0.1) is 0 Å². The van der Waals surface area contributed by atoms with Crippen LogP contribution < -0.4 is 21.7 Å². The number of halogens is 2. The zero-order chi connectivity index (χ0) is 44.3. The van der Waals surface area contributed by atoms with Gasteiger partial charge in [-0.1, -0.05) is 47.5 Å². The third-order valence-corrected chi connectivity index (χ3v) is 11.4. The number of amides is 1. The van der Waals surface area contributed by atoms with E-state index in [1.165, 1.54) is 24.0 Å². The van der Waals surface area contributed by atoms with Crippen LogP contribution in [0.3, 0.4) is 0 Å². The molecule has 0 fully saturated rings. The number of hydrogen-bond acceptors (Lipinski definition) is 13. The molecule has 5 aromatic heterocycles. The van der Waals surface area contributed by atoms with Gasteiger partial charge < -0.3 is 21.7 Å². The van der Waals surface area contributed by atoms with Crippen molar-refractivity contribution in [2.24, 2.45) is 5.73 Å². The molecule has 326 valence electrons. The van der Waals surface area contributed by atoms with Crippen molar-refractivity contribution >= 4 is 52.4 Å². The second-order valence-corrected chi connectivity index (χ2v) is 17.4. The van der Waals surface area contributed by atoms with E-state index in [1.807, 2.05) is 84.7 Å². The van der Waals surface area contributed by atoms with Gasteiger partial charge in [0.1, 0.15) is 24.3 Å². The van der Waals surface area contributed by atoms with E-state index >= 15 is 0 Å². The molecule has 0 radical (unpaired) electrons. The quantitative estimate of drug-likeness (QED) is 0.114. The molecule has 17 nitrogen and oxygen atoms in total. The van der Waals surface area contributed by atoms with E-state index in [2.05, 4.69) is 81.1 Å². The summed E-state index contributed by atoms with van der Waals surface area (Å²) >= 11 is 12.8. The SMILES string of the molecule is CN1CCn2nc(Nc3cc(-c4ccc(CN)c(Cl)c4)ncn3)cc2C1.CN1CCn2nc(Nc3cc(-c4ccc(CNC(=O)c5cnn(C(C)(C)C)c5)c(Cl)c4)ncn3)cc2C1. The summed E-state index contributed by atoms with van der Waals surface area (Å²) in [6.45, 7) is 12.3. The van der Waals surface area contributed by atoms with Gasteiger partial charge in [-0.25, -0.2) is 19.9 Å². The van der Waals surface area contributed by atoms with Crippen molar-refractivity contribution in [2.45, 2.75) is 65.6 Å². The standard InChI is InChI=1S/C26H30ClN9O.C18H20ClN7/c1-26(2,3)36-14-19(13-31-36)25(37)28-12-18-6-5-17(9-21(18)27)22-11-23(30-16-29-22)32-24-10-20-15-34(4)7-8-35(20)33-24;1-25-4-5-26-14(10-25)7-18(24-26)23-17-8-16(21-11-22-17)12-2-3-13(9-20)15(19)6-12/h5-6,9-11,13-14,16H,7-8,12,15H2,1-4H3,(H,28,37)(H,29,30,32,33);2-3,6-8,11H,4-5,9-10,20H2,1H3,(H,21,22,23,24). The number of fused-ring (bicyclic) bond motifs is 2. The molecule has 2 aliphatic heterocycles. The summed E-state index contributed by atoms with van der Waals surface area (Å²) in [7, 11) is 4.22. The van der Waals surface area contributed by atoms with E-state index in [1.54, 1.807) is 17.1 Å². The fraction of sp³-hybridized carbons (Fsp3) is 0.318. The monoisotopic (exact) mass is 888 g/mol. The fourth-order valence-corrected chi connectivity index (χ4v) is 7.66. The number of nitrogens with two attached hydrogens (primary N) is 1. The summed E-state index contributed by atoms with van der Waals surface area (Å²) in [5.74, 6) is 2.69. The van der Waals surface area contributed by atoms with Crippen LogP contribution in [-0.4, -0.2) is 92.2 Å². The summed E-state index contributed by atoms with van der Waals surface area (Å²) in [4.78, 5) is 34.5. The molecule has 0 unspecified atom stereocenters. The van der Waals surface area contributed by atoms with E-state index in [4.69, 9.17) is 28.9 Å². The van der Waals surface area contributed by atoms with Crippen LogP contribution in [0.5, 0.6) is 0 Å². The Hall–Kier alpha value is -6.24. The number of likely N-dealkylation sites (N-methyl/N-ethyl adjacent to an activating group) is 2. The molecular weight excluding hydrogens is 840 g/mol. The minimum atomic E-state index is -0.199. The molecule has 0 saturated heterocycles. The molecule has 5 N–H and O–H groups in total. The van der Waals surface area contributed by atoms with Crippen LogP contribution in [0.25, 0.3) is 22.5 Å². The number of benzene rings is 2. The van der Waals surface area contributed by atoms with Gasteiger partial charge >= 0.3 is 0 Å². The lowest BCUT2D eigenvalue weighted by Gasteiger charge is -2.22. The minimum Gasteiger partial charge on any atom is -0.348 e. The lowest BCUT2D eigenvalue weighted by atomic mass is 10.1. The van der Waals surface area contributed by atoms with Crippen molar-refractivity contribution in [1.82, 2.24) is 64.4 Å². The van der Waals surface area contributed by atoms with E-state index in [0.717, 1.165) is 84.5 Å². The van der Waals surface area contributed by atoms with Gasteiger partial charge in [0.2, 0.25) is 0 Å². The normalized spacial score (nSPS) is 14.0. The van der Waals surface area contributed by atoms with Crippen LogP contribution in [0.4, 0.5) is 23.3 Å². The highest BCUT2D eigenvalue weighted by molar-refractivity contribution is 6.32. The van der Waals surface area contributed by atoms with Crippen molar-refractivity contribution in [3.05, 3.63) is 124 Å². The van der Waals surface area contributed by atoms with Crippen LogP contribution in [0.1, 0.15) is 53.6 Å². The third-order valence-electron chi connectivity index (χ3n) is 10.7. The van der Waals surface area contributed by atoms with Gasteiger partial charge in [-0.3, -0.25) is 28.6 Å². The highest BCUT2D eigenvalue weighted by Gasteiger charge is 2.19. The van der Waals surface area contributed by atoms with Crippen molar-refractivity contribution in [3.8, 4) is 22.5 Å². The summed E-state index contributed by atoms with van der Waals surface area (Å²) in [5, 5.41) is 24.2. The Morgan fingerprint density at radius 3 is 1.70 bits per heavy atom. The molecular formula is C44H50Cl2N16O. The molecule has 0 aliphatic carbocycles. The van der Waals surface area contributed by atoms with Crippen LogP contribution in [-0.2, 0) is 44.8 Å². The first-order valence-corrected chi connectivity index (χ1v) is 21.3. The number of anilines is 4. The molecule has 7 heterocycles.